The fourth-order valence-corrected chi connectivity index (χ4v) is 3.26. The number of hydrogen-bond acceptors (Lipinski definition) is 3. The maximum atomic E-state index is 13.7. The summed E-state index contributed by atoms with van der Waals surface area (Å²) in [6.45, 7) is 2.39. The van der Waals surface area contributed by atoms with Gasteiger partial charge in [-0.15, -0.1) is 0 Å². The van der Waals surface area contributed by atoms with E-state index in [1.807, 2.05) is 25.1 Å². The van der Waals surface area contributed by atoms with Crippen LogP contribution < -0.4 is 11.3 Å². The first kappa shape index (κ1) is 16.0. The third-order valence-electron chi connectivity index (χ3n) is 4.55. The molecule has 0 atom stereocenters. The summed E-state index contributed by atoms with van der Waals surface area (Å²) in [5, 5.41) is 8.24. The zero-order valence-electron chi connectivity index (χ0n) is 13.9. The van der Waals surface area contributed by atoms with Crippen LogP contribution in [0, 0.1) is 5.82 Å². The summed E-state index contributed by atoms with van der Waals surface area (Å²) in [7, 11) is 0. The molecule has 0 unspecified atom stereocenters. The van der Waals surface area contributed by atoms with Crippen molar-refractivity contribution < 1.29 is 9.18 Å². The summed E-state index contributed by atoms with van der Waals surface area (Å²) >= 11 is 0. The number of carbonyl (C=O) groups excluding carboxylic acids is 1. The molecule has 2 aromatic heterocycles. The Bertz CT molecular complexity index is 1240. The summed E-state index contributed by atoms with van der Waals surface area (Å²) < 4.78 is 15.4. The van der Waals surface area contributed by atoms with E-state index >= 15 is 0 Å². The minimum absolute atomic E-state index is 0.127. The fourth-order valence-electron chi connectivity index (χ4n) is 3.26. The molecule has 0 aliphatic carbocycles. The predicted molar refractivity (Wildman–Crippen MR) is 97.4 cm³/mol. The van der Waals surface area contributed by atoms with Gasteiger partial charge in [0, 0.05) is 11.9 Å². The zero-order chi connectivity index (χ0) is 18.4. The minimum Gasteiger partial charge on any atom is -0.366 e. The van der Waals surface area contributed by atoms with E-state index in [1.165, 1.54) is 18.3 Å². The van der Waals surface area contributed by atoms with Crippen molar-refractivity contribution in [2.45, 2.75) is 13.5 Å². The SMILES string of the molecule is CCn1c(=O)c2cn[nH]c2c2ccc(-c3ccc(F)c(C(N)=O)c3)cc21. The molecule has 0 radical (unpaired) electrons. The largest absolute Gasteiger partial charge is 0.366 e. The molecule has 2 heterocycles. The van der Waals surface area contributed by atoms with Gasteiger partial charge >= 0.3 is 0 Å². The molecule has 4 aromatic rings. The number of primary amides is 1. The van der Waals surface area contributed by atoms with Crippen molar-refractivity contribution in [2.24, 2.45) is 5.73 Å². The van der Waals surface area contributed by atoms with E-state index in [0.29, 0.717) is 23.0 Å². The van der Waals surface area contributed by atoms with Gasteiger partial charge in [-0.1, -0.05) is 18.2 Å². The Morgan fingerprint density at radius 3 is 2.65 bits per heavy atom. The molecule has 0 aliphatic heterocycles. The maximum Gasteiger partial charge on any atom is 0.262 e. The predicted octanol–water partition coefficient (Wildman–Crippen LogP) is 2.80. The Balaban J connectivity index is 2.02. The van der Waals surface area contributed by atoms with E-state index in [4.69, 9.17) is 5.73 Å². The molecule has 4 rings (SSSR count). The van der Waals surface area contributed by atoms with Crippen molar-refractivity contribution in [3.8, 4) is 11.1 Å². The van der Waals surface area contributed by atoms with Gasteiger partial charge in [-0.2, -0.15) is 5.10 Å². The van der Waals surface area contributed by atoms with E-state index in [1.54, 1.807) is 10.6 Å². The fraction of sp³-hybridized carbons (Fsp3) is 0.105. The number of halogens is 1. The number of pyridine rings is 1. The number of nitrogens with zero attached hydrogens (tertiary/aromatic N) is 2. The molecule has 3 N–H and O–H groups in total. The van der Waals surface area contributed by atoms with E-state index in [-0.39, 0.29) is 11.1 Å². The second-order valence-corrected chi connectivity index (χ2v) is 6.00. The molecule has 130 valence electrons. The van der Waals surface area contributed by atoms with Crippen LogP contribution in [-0.2, 0) is 6.54 Å². The molecule has 0 bridgehead atoms. The zero-order valence-corrected chi connectivity index (χ0v) is 13.9. The maximum absolute atomic E-state index is 13.7. The van der Waals surface area contributed by atoms with E-state index in [0.717, 1.165) is 16.5 Å². The average molecular weight is 350 g/mol. The van der Waals surface area contributed by atoms with Crippen LogP contribution in [0.1, 0.15) is 17.3 Å². The van der Waals surface area contributed by atoms with Crippen LogP contribution >= 0.6 is 0 Å². The molecule has 6 nitrogen and oxygen atoms in total. The highest BCUT2D eigenvalue weighted by Gasteiger charge is 2.14. The average Bonchev–Trinajstić information content (AvgIpc) is 3.12. The second-order valence-electron chi connectivity index (χ2n) is 6.00. The van der Waals surface area contributed by atoms with Crippen LogP contribution in [0.2, 0.25) is 0 Å². The number of rotatable bonds is 3. The molecule has 7 heteroatoms. The highest BCUT2D eigenvalue weighted by atomic mass is 19.1. The number of aryl methyl sites for hydroxylation is 1. The summed E-state index contributed by atoms with van der Waals surface area (Å²) in [5.41, 5.74) is 7.74. The van der Waals surface area contributed by atoms with Crippen molar-refractivity contribution in [1.82, 2.24) is 14.8 Å². The molecule has 0 fully saturated rings. The van der Waals surface area contributed by atoms with E-state index in [2.05, 4.69) is 10.2 Å². The Labute approximate surface area is 147 Å². The Morgan fingerprint density at radius 2 is 1.92 bits per heavy atom. The monoisotopic (exact) mass is 350 g/mol. The molecular formula is C19H15FN4O2. The normalized spacial score (nSPS) is 11.3. The van der Waals surface area contributed by atoms with Crippen molar-refractivity contribution in [1.29, 1.82) is 0 Å². The summed E-state index contributed by atoms with van der Waals surface area (Å²) in [4.78, 5) is 24.1. The standard InChI is InChI=1S/C19H15FN4O2/c1-2-24-16-8-11(10-4-6-15(20)13(7-10)18(21)25)3-5-12(16)17-14(19(24)26)9-22-23-17/h3-9H,2H2,1H3,(H2,21,25)(H,22,23). The topological polar surface area (TPSA) is 93.8 Å². The van der Waals surface area contributed by atoms with Crippen molar-refractivity contribution >= 4 is 27.7 Å². The molecular weight excluding hydrogens is 335 g/mol. The number of carbonyl (C=O) groups is 1. The molecule has 0 saturated heterocycles. The van der Waals surface area contributed by atoms with E-state index < -0.39 is 11.7 Å². The quantitative estimate of drug-likeness (QED) is 0.595. The molecule has 0 saturated carbocycles. The number of nitrogens with two attached hydrogens (primary N) is 1. The number of nitrogens with one attached hydrogen (secondary N) is 1. The number of amides is 1. The Morgan fingerprint density at radius 1 is 1.19 bits per heavy atom. The van der Waals surface area contributed by atoms with Gasteiger partial charge in [-0.05, 0) is 36.2 Å². The lowest BCUT2D eigenvalue weighted by Crippen LogP contribution is -2.19. The van der Waals surface area contributed by atoms with Gasteiger partial charge in [0.05, 0.1) is 28.2 Å². The lowest BCUT2D eigenvalue weighted by atomic mass is 10.00. The van der Waals surface area contributed by atoms with Crippen molar-refractivity contribution in [3.05, 3.63) is 64.3 Å². The van der Waals surface area contributed by atoms with Crippen LogP contribution in [0.5, 0.6) is 0 Å². The minimum atomic E-state index is -0.824. The third-order valence-corrected chi connectivity index (χ3v) is 4.55. The molecule has 26 heavy (non-hydrogen) atoms. The second kappa shape index (κ2) is 5.80. The van der Waals surface area contributed by atoms with Gasteiger partial charge in [0.25, 0.3) is 11.5 Å². The summed E-state index contributed by atoms with van der Waals surface area (Å²) in [6, 6.07) is 9.78. The first-order chi connectivity index (χ1) is 12.5. The van der Waals surface area contributed by atoms with Crippen LogP contribution in [0.15, 0.2) is 47.4 Å². The highest BCUT2D eigenvalue weighted by Crippen LogP contribution is 2.28. The van der Waals surface area contributed by atoms with Crippen LogP contribution in [0.4, 0.5) is 4.39 Å². The molecule has 0 aliphatic rings. The summed E-state index contributed by atoms with van der Waals surface area (Å²) in [5.74, 6) is -1.48. The van der Waals surface area contributed by atoms with Gasteiger partial charge in [-0.3, -0.25) is 14.7 Å². The lowest BCUT2D eigenvalue weighted by Gasteiger charge is -2.11. The van der Waals surface area contributed by atoms with Crippen LogP contribution in [0.25, 0.3) is 32.9 Å². The van der Waals surface area contributed by atoms with Gasteiger partial charge < -0.3 is 10.3 Å². The van der Waals surface area contributed by atoms with Gasteiger partial charge in [-0.25, -0.2) is 4.39 Å². The highest BCUT2D eigenvalue weighted by molar-refractivity contribution is 6.04. The van der Waals surface area contributed by atoms with Crippen molar-refractivity contribution in [3.63, 3.8) is 0 Å². The third kappa shape index (κ3) is 2.28. The van der Waals surface area contributed by atoms with Crippen molar-refractivity contribution in [2.75, 3.05) is 0 Å². The Kier molecular flexibility index (Phi) is 3.57. The van der Waals surface area contributed by atoms with Gasteiger partial charge in [0.1, 0.15) is 5.82 Å². The van der Waals surface area contributed by atoms with Gasteiger partial charge in [0.15, 0.2) is 0 Å². The molecule has 2 aromatic carbocycles. The first-order valence-electron chi connectivity index (χ1n) is 8.10. The van der Waals surface area contributed by atoms with Gasteiger partial charge in [0.2, 0.25) is 0 Å². The lowest BCUT2D eigenvalue weighted by molar-refractivity contribution is 0.0996. The number of hydrogen-bond donors (Lipinski definition) is 2. The number of aromatic amines is 1. The number of aromatic nitrogens is 3. The Hall–Kier alpha value is -3.48. The number of H-pyrrole nitrogens is 1. The number of benzene rings is 2. The molecule has 1 amide bonds. The van der Waals surface area contributed by atoms with Crippen LogP contribution in [0.3, 0.4) is 0 Å². The molecule has 0 spiro atoms. The summed E-state index contributed by atoms with van der Waals surface area (Å²) in [6.07, 6.45) is 1.52. The van der Waals surface area contributed by atoms with E-state index in [9.17, 15) is 14.0 Å². The first-order valence-corrected chi connectivity index (χ1v) is 8.10. The number of fused-ring (bicyclic) bond motifs is 3. The smallest absolute Gasteiger partial charge is 0.262 e. The van der Waals surface area contributed by atoms with Crippen LogP contribution in [-0.4, -0.2) is 20.7 Å².